The first kappa shape index (κ1) is 15.8. The van der Waals surface area contributed by atoms with Crippen LogP contribution in [0.5, 0.6) is 5.75 Å². The Labute approximate surface area is 115 Å². The van der Waals surface area contributed by atoms with Crippen molar-refractivity contribution in [1.82, 2.24) is 5.32 Å². The summed E-state index contributed by atoms with van der Waals surface area (Å²) in [6.07, 6.45) is 0.0955. The second kappa shape index (κ2) is 6.77. The molecule has 0 saturated carbocycles. The Morgan fingerprint density at radius 2 is 1.74 bits per heavy atom. The van der Waals surface area contributed by atoms with Crippen molar-refractivity contribution in [3.05, 3.63) is 24.3 Å². The zero-order valence-corrected chi connectivity index (χ0v) is 12.6. The first-order valence-corrected chi connectivity index (χ1v) is 7.82. The lowest BCUT2D eigenvalue weighted by Gasteiger charge is -2.15. The zero-order valence-electron chi connectivity index (χ0n) is 11.8. The summed E-state index contributed by atoms with van der Waals surface area (Å²) in [5.74, 6) is 0.723. The molecule has 1 unspecified atom stereocenters. The van der Waals surface area contributed by atoms with Gasteiger partial charge in [-0.1, -0.05) is 0 Å². The second-order valence-electron chi connectivity index (χ2n) is 4.71. The zero-order chi connectivity index (χ0) is 14.5. The minimum atomic E-state index is -3.36. The molecule has 0 aliphatic heterocycles. The number of nitrogens with one attached hydrogen (secondary N) is 2. The molecule has 0 spiro atoms. The van der Waals surface area contributed by atoms with Crippen LogP contribution < -0.4 is 14.8 Å². The number of anilines is 1. The van der Waals surface area contributed by atoms with Crippen LogP contribution >= 0.6 is 0 Å². The van der Waals surface area contributed by atoms with Crippen LogP contribution in [0.25, 0.3) is 0 Å². The van der Waals surface area contributed by atoms with Gasteiger partial charge in [-0.3, -0.25) is 4.72 Å². The van der Waals surface area contributed by atoms with Crippen molar-refractivity contribution < 1.29 is 13.2 Å². The van der Waals surface area contributed by atoms with Crippen LogP contribution in [0.1, 0.15) is 20.8 Å². The molecule has 1 rings (SSSR count). The molecule has 0 aromatic heterocycles. The lowest BCUT2D eigenvalue weighted by molar-refractivity contribution is 0.242. The lowest BCUT2D eigenvalue weighted by atomic mass is 10.3. The maximum Gasteiger partial charge on any atom is 0.236 e. The third kappa shape index (κ3) is 5.08. The molecule has 1 aromatic carbocycles. The van der Waals surface area contributed by atoms with Crippen LogP contribution in [0.15, 0.2) is 24.3 Å². The number of rotatable bonds is 7. The van der Waals surface area contributed by atoms with E-state index >= 15 is 0 Å². The first-order chi connectivity index (χ1) is 8.85. The predicted molar refractivity (Wildman–Crippen MR) is 78.1 cm³/mol. The topological polar surface area (TPSA) is 67.4 Å². The van der Waals surface area contributed by atoms with Gasteiger partial charge in [0, 0.05) is 12.2 Å². The van der Waals surface area contributed by atoms with Crippen molar-refractivity contribution in [2.75, 3.05) is 18.3 Å². The summed E-state index contributed by atoms with van der Waals surface area (Å²) in [7, 11) is -1.64. The Kier molecular flexibility index (Phi) is 5.62. The third-order valence-electron chi connectivity index (χ3n) is 2.51. The van der Waals surface area contributed by atoms with Crippen molar-refractivity contribution >= 4 is 15.7 Å². The summed E-state index contributed by atoms with van der Waals surface area (Å²) in [6.45, 7) is 5.95. The number of hydrogen-bond acceptors (Lipinski definition) is 4. The van der Waals surface area contributed by atoms with Gasteiger partial charge in [0.05, 0.1) is 11.4 Å². The van der Waals surface area contributed by atoms with Crippen molar-refractivity contribution in [2.45, 2.75) is 32.1 Å². The minimum Gasteiger partial charge on any atom is -0.491 e. The highest BCUT2D eigenvalue weighted by molar-refractivity contribution is 7.93. The molecule has 1 atom stereocenters. The van der Waals surface area contributed by atoms with Gasteiger partial charge in [0.15, 0.2) is 0 Å². The van der Waals surface area contributed by atoms with Crippen LogP contribution in [0.4, 0.5) is 5.69 Å². The van der Waals surface area contributed by atoms with Gasteiger partial charge in [-0.15, -0.1) is 0 Å². The Hall–Kier alpha value is -1.27. The fourth-order valence-corrected chi connectivity index (χ4v) is 2.59. The van der Waals surface area contributed by atoms with Crippen LogP contribution in [0, 0.1) is 0 Å². The molecule has 2 N–H and O–H groups in total. The van der Waals surface area contributed by atoms with Gasteiger partial charge >= 0.3 is 0 Å². The van der Waals surface area contributed by atoms with Gasteiger partial charge in [0.25, 0.3) is 0 Å². The SMILES string of the molecule is CNCC(C)S(=O)(=O)Nc1ccc(OC(C)C)cc1. The van der Waals surface area contributed by atoms with E-state index in [0.717, 1.165) is 5.75 Å². The summed E-state index contributed by atoms with van der Waals surface area (Å²) >= 11 is 0. The normalized spacial score (nSPS) is 13.3. The van der Waals surface area contributed by atoms with Crippen molar-refractivity contribution in [1.29, 1.82) is 0 Å². The Morgan fingerprint density at radius 1 is 1.16 bits per heavy atom. The second-order valence-corrected chi connectivity index (χ2v) is 6.81. The lowest BCUT2D eigenvalue weighted by Crippen LogP contribution is -2.33. The van der Waals surface area contributed by atoms with Crippen molar-refractivity contribution in [3.63, 3.8) is 0 Å². The van der Waals surface area contributed by atoms with Gasteiger partial charge < -0.3 is 10.1 Å². The van der Waals surface area contributed by atoms with E-state index in [0.29, 0.717) is 12.2 Å². The summed E-state index contributed by atoms with van der Waals surface area (Å²) in [5.41, 5.74) is 0.541. The van der Waals surface area contributed by atoms with E-state index < -0.39 is 15.3 Å². The van der Waals surface area contributed by atoms with Crippen molar-refractivity contribution in [2.24, 2.45) is 0 Å². The van der Waals surface area contributed by atoms with E-state index in [2.05, 4.69) is 10.0 Å². The molecular weight excluding hydrogens is 264 g/mol. The van der Waals surface area contributed by atoms with E-state index in [9.17, 15) is 8.42 Å². The number of hydrogen-bond donors (Lipinski definition) is 2. The van der Waals surface area contributed by atoms with Gasteiger partial charge in [-0.25, -0.2) is 8.42 Å². The molecule has 0 radical (unpaired) electrons. The number of ether oxygens (including phenoxy) is 1. The monoisotopic (exact) mass is 286 g/mol. The Bertz CT molecular complexity index is 483. The van der Waals surface area contributed by atoms with E-state index in [4.69, 9.17) is 4.74 Å². The Balaban J connectivity index is 2.72. The number of sulfonamides is 1. The molecule has 0 bridgehead atoms. The molecule has 0 heterocycles. The molecule has 0 saturated heterocycles. The summed E-state index contributed by atoms with van der Waals surface area (Å²) in [6, 6.07) is 6.89. The summed E-state index contributed by atoms with van der Waals surface area (Å²) in [5, 5.41) is 2.35. The molecule has 6 heteroatoms. The molecule has 0 fully saturated rings. The predicted octanol–water partition coefficient (Wildman–Crippen LogP) is 1.82. The fourth-order valence-electron chi connectivity index (χ4n) is 1.54. The van der Waals surface area contributed by atoms with Gasteiger partial charge in [0.2, 0.25) is 10.0 Å². The maximum atomic E-state index is 12.0. The quantitative estimate of drug-likeness (QED) is 0.802. The van der Waals surface area contributed by atoms with E-state index in [1.807, 2.05) is 13.8 Å². The van der Waals surface area contributed by atoms with Crippen LogP contribution in [0.3, 0.4) is 0 Å². The highest BCUT2D eigenvalue weighted by Crippen LogP contribution is 2.18. The molecule has 0 aliphatic rings. The highest BCUT2D eigenvalue weighted by atomic mass is 32.2. The molecular formula is C13H22N2O3S. The number of benzene rings is 1. The first-order valence-electron chi connectivity index (χ1n) is 6.28. The van der Waals surface area contributed by atoms with Crippen LogP contribution in [-0.4, -0.2) is 33.4 Å². The molecule has 0 aliphatic carbocycles. The Morgan fingerprint density at radius 3 is 2.21 bits per heavy atom. The van der Waals surface area contributed by atoms with Crippen LogP contribution in [0.2, 0.25) is 0 Å². The average molecular weight is 286 g/mol. The smallest absolute Gasteiger partial charge is 0.236 e. The molecule has 5 nitrogen and oxygen atoms in total. The van der Waals surface area contributed by atoms with Gasteiger partial charge in [0.1, 0.15) is 5.75 Å². The van der Waals surface area contributed by atoms with E-state index in [-0.39, 0.29) is 6.10 Å². The van der Waals surface area contributed by atoms with E-state index in [1.165, 1.54) is 0 Å². The fraction of sp³-hybridized carbons (Fsp3) is 0.538. The highest BCUT2D eigenvalue weighted by Gasteiger charge is 2.19. The van der Waals surface area contributed by atoms with Gasteiger partial charge in [-0.2, -0.15) is 0 Å². The third-order valence-corrected chi connectivity index (χ3v) is 4.25. The minimum absolute atomic E-state index is 0.0955. The molecule has 0 amide bonds. The van der Waals surface area contributed by atoms with Gasteiger partial charge in [-0.05, 0) is 52.1 Å². The van der Waals surface area contributed by atoms with Crippen molar-refractivity contribution in [3.8, 4) is 5.75 Å². The largest absolute Gasteiger partial charge is 0.491 e. The molecule has 108 valence electrons. The van der Waals surface area contributed by atoms with E-state index in [1.54, 1.807) is 38.2 Å². The molecule has 19 heavy (non-hydrogen) atoms. The summed E-state index contributed by atoms with van der Waals surface area (Å²) < 4.78 is 32.0. The summed E-state index contributed by atoms with van der Waals surface area (Å²) in [4.78, 5) is 0. The molecule has 1 aromatic rings. The average Bonchev–Trinajstić information content (AvgIpc) is 2.31. The van der Waals surface area contributed by atoms with Crippen LogP contribution in [-0.2, 0) is 10.0 Å². The standard InChI is InChI=1S/C13H22N2O3S/c1-10(2)18-13-7-5-12(6-8-13)15-19(16,17)11(3)9-14-4/h5-8,10-11,14-15H,9H2,1-4H3. The maximum absolute atomic E-state index is 12.0.